The number of benzene rings is 1. The minimum absolute atomic E-state index is 0.665. The van der Waals surface area contributed by atoms with E-state index in [1.54, 1.807) is 26.1 Å². The van der Waals surface area contributed by atoms with Crippen molar-refractivity contribution in [2.24, 2.45) is 0 Å². The van der Waals surface area contributed by atoms with Crippen molar-refractivity contribution in [1.82, 2.24) is 4.98 Å². The Morgan fingerprint density at radius 3 is 2.44 bits per heavy atom. The van der Waals surface area contributed by atoms with Gasteiger partial charge in [0.05, 0.1) is 5.60 Å². The molecule has 0 radical (unpaired) electrons. The number of aromatic nitrogens is 1. The molecule has 0 bridgehead atoms. The molecular weight excluding hydrogens is 222 g/mol. The molecule has 90 valence electrons. The molecule has 1 aromatic heterocycles. The zero-order valence-corrected chi connectivity index (χ0v) is 10.5. The maximum Gasteiger partial charge on any atom is 0.113 e. The van der Waals surface area contributed by atoms with Crippen LogP contribution in [0.15, 0.2) is 48.7 Å². The zero-order chi connectivity index (χ0) is 13.0. The van der Waals surface area contributed by atoms with E-state index in [4.69, 9.17) is 0 Å². The van der Waals surface area contributed by atoms with Crippen molar-refractivity contribution in [1.29, 1.82) is 0 Å². The smallest absolute Gasteiger partial charge is 0.113 e. The number of hydrogen-bond acceptors (Lipinski definition) is 2. The lowest BCUT2D eigenvalue weighted by Crippen LogP contribution is -2.15. The number of hydrogen-bond donors (Lipinski definition) is 1. The van der Waals surface area contributed by atoms with Gasteiger partial charge in [-0.3, -0.25) is 0 Å². The molecule has 0 aliphatic rings. The average molecular weight is 237 g/mol. The molecule has 0 unspecified atom stereocenters. The molecule has 0 fully saturated rings. The first kappa shape index (κ1) is 12.3. The fraction of sp³-hybridized carbons (Fsp3) is 0.188. The van der Waals surface area contributed by atoms with Crippen LogP contribution in [0.1, 0.15) is 30.7 Å². The van der Waals surface area contributed by atoms with E-state index in [0.29, 0.717) is 5.69 Å². The monoisotopic (exact) mass is 237 g/mol. The van der Waals surface area contributed by atoms with E-state index in [9.17, 15) is 5.11 Å². The third-order valence-corrected chi connectivity index (χ3v) is 2.58. The van der Waals surface area contributed by atoms with Crippen molar-refractivity contribution in [2.45, 2.75) is 19.4 Å². The lowest BCUT2D eigenvalue weighted by molar-refractivity contribution is 0.0785. The van der Waals surface area contributed by atoms with Crippen molar-refractivity contribution < 1.29 is 5.11 Å². The number of pyridine rings is 1. The first-order chi connectivity index (χ1) is 8.55. The fourth-order valence-corrected chi connectivity index (χ4v) is 1.54. The third-order valence-electron chi connectivity index (χ3n) is 2.58. The molecule has 0 atom stereocenters. The summed E-state index contributed by atoms with van der Waals surface area (Å²) in [6.45, 7) is 3.49. The van der Waals surface area contributed by atoms with E-state index >= 15 is 0 Å². The quantitative estimate of drug-likeness (QED) is 0.774. The second kappa shape index (κ2) is 5.03. The topological polar surface area (TPSA) is 33.1 Å². The summed E-state index contributed by atoms with van der Waals surface area (Å²) in [6.07, 6.45) is 1.67. The summed E-state index contributed by atoms with van der Waals surface area (Å²) in [5, 5.41) is 9.92. The third kappa shape index (κ3) is 3.19. The highest BCUT2D eigenvalue weighted by atomic mass is 16.3. The van der Waals surface area contributed by atoms with Gasteiger partial charge in [-0.1, -0.05) is 24.1 Å². The molecule has 2 aromatic rings. The predicted octanol–water partition coefficient (Wildman–Crippen LogP) is 2.71. The van der Waals surface area contributed by atoms with Crippen molar-refractivity contribution in [3.8, 4) is 11.8 Å². The molecule has 1 heterocycles. The Balaban J connectivity index is 2.29. The first-order valence-electron chi connectivity index (χ1n) is 5.82. The summed E-state index contributed by atoms with van der Waals surface area (Å²) < 4.78 is 0. The Labute approximate surface area is 107 Å². The molecule has 0 saturated heterocycles. The summed E-state index contributed by atoms with van der Waals surface area (Å²) in [5.41, 5.74) is 1.56. The molecule has 0 amide bonds. The van der Waals surface area contributed by atoms with E-state index in [-0.39, 0.29) is 0 Å². The molecular formula is C16H15NO. The lowest BCUT2D eigenvalue weighted by Gasteiger charge is -2.17. The van der Waals surface area contributed by atoms with Gasteiger partial charge >= 0.3 is 0 Å². The minimum Gasteiger partial charge on any atom is -0.386 e. The van der Waals surface area contributed by atoms with Crippen molar-refractivity contribution in [3.63, 3.8) is 0 Å². The van der Waals surface area contributed by atoms with E-state index in [2.05, 4.69) is 16.8 Å². The van der Waals surface area contributed by atoms with Crippen LogP contribution in [-0.2, 0) is 5.60 Å². The van der Waals surface area contributed by atoms with Crippen LogP contribution in [0.4, 0.5) is 0 Å². The highest BCUT2D eigenvalue weighted by Crippen LogP contribution is 2.18. The molecule has 2 heteroatoms. The summed E-state index contributed by atoms with van der Waals surface area (Å²) in [5.74, 6) is 6.05. The maximum absolute atomic E-state index is 9.92. The van der Waals surface area contributed by atoms with Gasteiger partial charge in [0.15, 0.2) is 0 Å². The van der Waals surface area contributed by atoms with Crippen LogP contribution in [0.2, 0.25) is 0 Å². The van der Waals surface area contributed by atoms with Gasteiger partial charge in [0.1, 0.15) is 5.69 Å². The average Bonchev–Trinajstić information content (AvgIpc) is 2.37. The Hall–Kier alpha value is -2.11. The largest absolute Gasteiger partial charge is 0.386 e. The highest BCUT2D eigenvalue weighted by Gasteiger charge is 2.15. The van der Waals surface area contributed by atoms with Crippen molar-refractivity contribution in [3.05, 3.63) is 65.5 Å². The van der Waals surface area contributed by atoms with E-state index in [1.165, 1.54) is 0 Å². The molecule has 18 heavy (non-hydrogen) atoms. The van der Waals surface area contributed by atoms with Crippen LogP contribution in [0, 0.1) is 11.8 Å². The summed E-state index contributed by atoms with van der Waals surface area (Å²) >= 11 is 0. The van der Waals surface area contributed by atoms with Gasteiger partial charge in [0.25, 0.3) is 0 Å². The number of nitrogens with zero attached hydrogens (tertiary/aromatic N) is 1. The SMILES string of the molecule is CC(C)(O)c1ccnc(C#Cc2ccccc2)c1. The van der Waals surface area contributed by atoms with Gasteiger partial charge in [-0.2, -0.15) is 0 Å². The van der Waals surface area contributed by atoms with Gasteiger partial charge in [0, 0.05) is 11.8 Å². The Kier molecular flexibility index (Phi) is 3.45. The second-order valence-corrected chi connectivity index (χ2v) is 4.60. The van der Waals surface area contributed by atoms with Crippen LogP contribution in [0.25, 0.3) is 0 Å². The van der Waals surface area contributed by atoms with Crippen LogP contribution in [-0.4, -0.2) is 10.1 Å². The minimum atomic E-state index is -0.869. The van der Waals surface area contributed by atoms with Crippen LogP contribution in [0.5, 0.6) is 0 Å². The molecule has 2 rings (SSSR count). The van der Waals surface area contributed by atoms with Gasteiger partial charge < -0.3 is 5.11 Å². The highest BCUT2D eigenvalue weighted by molar-refractivity contribution is 5.41. The summed E-state index contributed by atoms with van der Waals surface area (Å²) in [7, 11) is 0. The predicted molar refractivity (Wildman–Crippen MR) is 71.9 cm³/mol. The van der Waals surface area contributed by atoms with Gasteiger partial charge in [0.2, 0.25) is 0 Å². The van der Waals surface area contributed by atoms with E-state index in [0.717, 1.165) is 11.1 Å². The van der Waals surface area contributed by atoms with Crippen LogP contribution >= 0.6 is 0 Å². The Morgan fingerprint density at radius 2 is 1.78 bits per heavy atom. The fourth-order valence-electron chi connectivity index (χ4n) is 1.54. The first-order valence-corrected chi connectivity index (χ1v) is 5.82. The maximum atomic E-state index is 9.92. The van der Waals surface area contributed by atoms with E-state index < -0.39 is 5.60 Å². The van der Waals surface area contributed by atoms with Gasteiger partial charge in [-0.25, -0.2) is 4.98 Å². The van der Waals surface area contributed by atoms with Crippen LogP contribution in [0.3, 0.4) is 0 Å². The molecule has 1 N–H and O–H groups in total. The summed E-state index contributed by atoms with van der Waals surface area (Å²) in [6, 6.07) is 13.4. The molecule has 0 aliphatic heterocycles. The van der Waals surface area contributed by atoms with E-state index in [1.807, 2.05) is 36.4 Å². The van der Waals surface area contributed by atoms with Crippen molar-refractivity contribution >= 4 is 0 Å². The van der Waals surface area contributed by atoms with Crippen LogP contribution < -0.4 is 0 Å². The molecule has 0 aliphatic carbocycles. The molecule has 0 saturated carbocycles. The normalized spacial score (nSPS) is 10.6. The molecule has 2 nitrogen and oxygen atoms in total. The molecule has 1 aromatic carbocycles. The summed E-state index contributed by atoms with van der Waals surface area (Å²) in [4.78, 5) is 4.18. The Bertz CT molecular complexity index is 586. The van der Waals surface area contributed by atoms with Gasteiger partial charge in [-0.15, -0.1) is 0 Å². The number of rotatable bonds is 1. The number of aliphatic hydroxyl groups is 1. The molecule has 0 spiro atoms. The Morgan fingerprint density at radius 1 is 1.06 bits per heavy atom. The van der Waals surface area contributed by atoms with Gasteiger partial charge in [-0.05, 0) is 49.6 Å². The standard InChI is InChI=1S/C16H15NO/c1-16(2,18)14-10-11-17-15(12-14)9-8-13-6-4-3-5-7-13/h3-7,10-12,18H,1-2H3. The zero-order valence-electron chi connectivity index (χ0n) is 10.5. The lowest BCUT2D eigenvalue weighted by atomic mass is 9.99. The second-order valence-electron chi connectivity index (χ2n) is 4.60. The van der Waals surface area contributed by atoms with Crippen molar-refractivity contribution in [2.75, 3.05) is 0 Å².